The molecule has 2 aromatic rings. The number of nitrogens with two attached hydrogens (primary N) is 1. The lowest BCUT2D eigenvalue weighted by Gasteiger charge is -2.07. The summed E-state index contributed by atoms with van der Waals surface area (Å²) in [6.45, 7) is 1.94. The number of carbonyl (C=O) groups is 1. The van der Waals surface area contributed by atoms with E-state index in [9.17, 15) is 4.79 Å². The Morgan fingerprint density at radius 2 is 2.26 bits per heavy atom. The Labute approximate surface area is 115 Å². The van der Waals surface area contributed by atoms with E-state index in [1.165, 1.54) is 6.07 Å². The van der Waals surface area contributed by atoms with Gasteiger partial charge in [0.2, 0.25) is 0 Å². The molecule has 2 rings (SSSR count). The molecule has 2 aromatic heterocycles. The van der Waals surface area contributed by atoms with Crippen LogP contribution < -0.4 is 11.1 Å². The minimum absolute atomic E-state index is 0.315. The minimum Gasteiger partial charge on any atom is -0.384 e. The highest BCUT2D eigenvalue weighted by Gasteiger charge is 2.11. The average molecular weight is 277 g/mol. The van der Waals surface area contributed by atoms with Crippen molar-refractivity contribution in [1.29, 1.82) is 0 Å². The van der Waals surface area contributed by atoms with Crippen molar-refractivity contribution < 1.29 is 4.79 Å². The number of nitrogen functional groups attached to an aromatic ring is 1. The standard InChI is InChI=1S/C13H13ClN4O/c1-2-9-6-8(7-11(15)17-9)13(19)18-12-10(14)4-3-5-16-12/h3-7H,2H2,1H3,(H2,15,17)(H,16,18,19). The molecule has 6 heteroatoms. The number of aromatic nitrogens is 2. The van der Waals surface area contributed by atoms with Gasteiger partial charge in [-0.25, -0.2) is 9.97 Å². The number of rotatable bonds is 3. The number of hydrogen-bond acceptors (Lipinski definition) is 4. The zero-order valence-corrected chi connectivity index (χ0v) is 11.1. The van der Waals surface area contributed by atoms with E-state index in [2.05, 4.69) is 15.3 Å². The van der Waals surface area contributed by atoms with Crippen LogP contribution in [0.5, 0.6) is 0 Å². The van der Waals surface area contributed by atoms with E-state index < -0.39 is 0 Å². The second-order valence-corrected chi connectivity index (χ2v) is 4.32. The van der Waals surface area contributed by atoms with Crippen LogP contribution in [0.3, 0.4) is 0 Å². The Bertz CT molecular complexity index is 615. The highest BCUT2D eigenvalue weighted by Crippen LogP contribution is 2.18. The summed E-state index contributed by atoms with van der Waals surface area (Å²) in [7, 11) is 0. The van der Waals surface area contributed by atoms with Gasteiger partial charge in [-0.1, -0.05) is 18.5 Å². The van der Waals surface area contributed by atoms with Crippen molar-refractivity contribution >= 4 is 29.1 Å². The van der Waals surface area contributed by atoms with Crippen LogP contribution in [-0.4, -0.2) is 15.9 Å². The van der Waals surface area contributed by atoms with Crippen molar-refractivity contribution in [1.82, 2.24) is 9.97 Å². The van der Waals surface area contributed by atoms with Gasteiger partial charge in [0.25, 0.3) is 5.91 Å². The molecule has 0 bridgehead atoms. The van der Waals surface area contributed by atoms with E-state index in [4.69, 9.17) is 17.3 Å². The molecule has 0 aliphatic heterocycles. The van der Waals surface area contributed by atoms with E-state index in [1.807, 2.05) is 6.92 Å². The summed E-state index contributed by atoms with van der Waals surface area (Å²) in [5, 5.41) is 3.02. The summed E-state index contributed by atoms with van der Waals surface area (Å²) in [6, 6.07) is 6.56. The number of aryl methyl sites for hydroxylation is 1. The van der Waals surface area contributed by atoms with Crippen molar-refractivity contribution in [3.8, 4) is 0 Å². The highest BCUT2D eigenvalue weighted by molar-refractivity contribution is 6.33. The predicted octanol–water partition coefficient (Wildman–Crippen LogP) is 2.53. The molecule has 0 aliphatic carbocycles. The van der Waals surface area contributed by atoms with Crippen LogP contribution >= 0.6 is 11.6 Å². The van der Waals surface area contributed by atoms with Gasteiger partial charge in [0.05, 0.1) is 5.02 Å². The maximum absolute atomic E-state index is 12.1. The highest BCUT2D eigenvalue weighted by atomic mass is 35.5. The Kier molecular flexibility index (Phi) is 3.97. The molecule has 0 saturated heterocycles. The Hall–Kier alpha value is -2.14. The zero-order valence-electron chi connectivity index (χ0n) is 10.4. The van der Waals surface area contributed by atoms with Gasteiger partial charge in [0.15, 0.2) is 5.82 Å². The number of amides is 1. The number of anilines is 2. The second-order valence-electron chi connectivity index (χ2n) is 3.91. The lowest BCUT2D eigenvalue weighted by molar-refractivity contribution is 0.102. The molecule has 1 amide bonds. The first kappa shape index (κ1) is 13.3. The van der Waals surface area contributed by atoms with Crippen molar-refractivity contribution in [2.24, 2.45) is 0 Å². The fraction of sp³-hybridized carbons (Fsp3) is 0.154. The van der Waals surface area contributed by atoms with Crippen LogP contribution in [-0.2, 0) is 6.42 Å². The van der Waals surface area contributed by atoms with Crippen LogP contribution in [0.4, 0.5) is 11.6 Å². The summed E-state index contributed by atoms with van der Waals surface area (Å²) in [4.78, 5) is 20.2. The van der Waals surface area contributed by atoms with E-state index in [0.29, 0.717) is 28.6 Å². The predicted molar refractivity (Wildman–Crippen MR) is 75.2 cm³/mol. The van der Waals surface area contributed by atoms with Crippen LogP contribution in [0.25, 0.3) is 0 Å². The van der Waals surface area contributed by atoms with E-state index in [-0.39, 0.29) is 5.91 Å². The first-order chi connectivity index (χ1) is 9.10. The monoisotopic (exact) mass is 276 g/mol. The lowest BCUT2D eigenvalue weighted by Crippen LogP contribution is -2.14. The van der Waals surface area contributed by atoms with E-state index >= 15 is 0 Å². The molecule has 0 atom stereocenters. The van der Waals surface area contributed by atoms with Crippen LogP contribution in [0.1, 0.15) is 23.0 Å². The summed E-state index contributed by atoms with van der Waals surface area (Å²) >= 11 is 5.93. The van der Waals surface area contributed by atoms with Crippen LogP contribution in [0.15, 0.2) is 30.5 Å². The number of hydrogen-bond donors (Lipinski definition) is 2. The topological polar surface area (TPSA) is 80.9 Å². The Morgan fingerprint density at radius 3 is 2.95 bits per heavy atom. The van der Waals surface area contributed by atoms with Gasteiger partial charge < -0.3 is 11.1 Å². The SMILES string of the molecule is CCc1cc(C(=O)Nc2ncccc2Cl)cc(N)n1. The first-order valence-corrected chi connectivity index (χ1v) is 6.16. The molecule has 0 saturated carbocycles. The molecule has 3 N–H and O–H groups in total. The van der Waals surface area contributed by atoms with E-state index in [0.717, 1.165) is 5.69 Å². The molecule has 0 radical (unpaired) electrons. The van der Waals surface area contributed by atoms with Crippen molar-refractivity contribution in [3.05, 3.63) is 46.7 Å². The normalized spacial score (nSPS) is 10.2. The molecule has 5 nitrogen and oxygen atoms in total. The number of nitrogens with one attached hydrogen (secondary N) is 1. The summed E-state index contributed by atoms with van der Waals surface area (Å²) in [5.41, 5.74) is 6.86. The summed E-state index contributed by atoms with van der Waals surface area (Å²) in [6.07, 6.45) is 2.26. The molecular formula is C13H13ClN4O. The van der Waals surface area contributed by atoms with Gasteiger partial charge in [-0.3, -0.25) is 4.79 Å². The first-order valence-electron chi connectivity index (χ1n) is 5.78. The molecule has 2 heterocycles. The third kappa shape index (κ3) is 3.20. The smallest absolute Gasteiger partial charge is 0.257 e. The van der Waals surface area contributed by atoms with Gasteiger partial charge >= 0.3 is 0 Å². The van der Waals surface area contributed by atoms with Gasteiger partial charge in [0, 0.05) is 17.5 Å². The Morgan fingerprint density at radius 1 is 1.47 bits per heavy atom. The van der Waals surface area contributed by atoms with Gasteiger partial charge in [0.1, 0.15) is 5.82 Å². The molecule has 0 spiro atoms. The average Bonchev–Trinajstić information content (AvgIpc) is 2.40. The lowest BCUT2D eigenvalue weighted by atomic mass is 10.2. The largest absolute Gasteiger partial charge is 0.384 e. The Balaban J connectivity index is 2.25. The third-order valence-electron chi connectivity index (χ3n) is 2.51. The number of carbonyl (C=O) groups excluding carboxylic acids is 1. The van der Waals surface area contributed by atoms with Crippen LogP contribution in [0.2, 0.25) is 5.02 Å². The molecule has 0 fully saturated rings. The van der Waals surface area contributed by atoms with Crippen molar-refractivity contribution in [3.63, 3.8) is 0 Å². The quantitative estimate of drug-likeness (QED) is 0.903. The van der Waals surface area contributed by atoms with Crippen molar-refractivity contribution in [2.75, 3.05) is 11.1 Å². The molecule has 0 aromatic carbocycles. The molecule has 19 heavy (non-hydrogen) atoms. The molecule has 0 unspecified atom stereocenters. The van der Waals surface area contributed by atoms with E-state index in [1.54, 1.807) is 24.4 Å². The fourth-order valence-electron chi connectivity index (χ4n) is 1.58. The van der Waals surface area contributed by atoms with Gasteiger partial charge in [-0.2, -0.15) is 0 Å². The van der Waals surface area contributed by atoms with Crippen LogP contribution in [0, 0.1) is 0 Å². The molecule has 0 aliphatic rings. The maximum atomic E-state index is 12.1. The third-order valence-corrected chi connectivity index (χ3v) is 2.82. The second kappa shape index (κ2) is 5.67. The van der Waals surface area contributed by atoms with Gasteiger partial charge in [-0.05, 0) is 30.7 Å². The molecular weight excluding hydrogens is 264 g/mol. The molecule has 98 valence electrons. The zero-order chi connectivity index (χ0) is 13.8. The number of nitrogens with zero attached hydrogens (tertiary/aromatic N) is 2. The van der Waals surface area contributed by atoms with Gasteiger partial charge in [-0.15, -0.1) is 0 Å². The summed E-state index contributed by atoms with van der Waals surface area (Å²) < 4.78 is 0. The number of pyridine rings is 2. The van der Waals surface area contributed by atoms with Crippen molar-refractivity contribution in [2.45, 2.75) is 13.3 Å². The fourth-order valence-corrected chi connectivity index (χ4v) is 1.75. The minimum atomic E-state index is -0.315. The maximum Gasteiger partial charge on any atom is 0.257 e. The summed E-state index contributed by atoms with van der Waals surface area (Å²) in [5.74, 6) is 0.323. The number of halogens is 1.